The molecule has 0 heterocycles. The van der Waals surface area contributed by atoms with E-state index in [0.29, 0.717) is 10.2 Å². The van der Waals surface area contributed by atoms with Gasteiger partial charge >= 0.3 is 0 Å². The van der Waals surface area contributed by atoms with Crippen molar-refractivity contribution in [2.24, 2.45) is 10.7 Å². The maximum Gasteiger partial charge on any atom is 0.192 e. The Bertz CT molecular complexity index is 318. The number of rotatable bonds is 1. The van der Waals surface area contributed by atoms with Crippen molar-refractivity contribution in [1.82, 2.24) is 0 Å². The van der Waals surface area contributed by atoms with Gasteiger partial charge in [0.2, 0.25) is 0 Å². The molecule has 5 heteroatoms. The van der Waals surface area contributed by atoms with Gasteiger partial charge in [-0.05, 0) is 28.1 Å². The first kappa shape index (κ1) is 9.98. The highest BCUT2D eigenvalue weighted by Crippen LogP contribution is 2.24. The molecule has 0 aromatic heterocycles. The summed E-state index contributed by atoms with van der Waals surface area (Å²) in [5.74, 6) is -0.202. The molecule has 3 N–H and O–H groups in total. The Balaban J connectivity index is 3.00. The molecule has 0 saturated carbocycles. The van der Waals surface area contributed by atoms with Crippen molar-refractivity contribution in [1.29, 1.82) is 0 Å². The fourth-order valence-corrected chi connectivity index (χ4v) is 1.24. The number of guanidine groups is 1. The Morgan fingerprint density at radius 1 is 1.62 bits per heavy atom. The molecule has 0 fully saturated rings. The molecule has 0 unspecified atom stereocenters. The first-order chi connectivity index (χ1) is 6.15. The van der Waals surface area contributed by atoms with Gasteiger partial charge in [0.25, 0.3) is 0 Å². The van der Waals surface area contributed by atoms with Gasteiger partial charge in [-0.15, -0.1) is 0 Å². The number of aliphatic imine (C=N–C) groups is 1. The van der Waals surface area contributed by atoms with E-state index < -0.39 is 0 Å². The molecule has 1 rings (SSSR count). The lowest BCUT2D eigenvalue weighted by Gasteiger charge is -2.07. The second-order valence-electron chi connectivity index (χ2n) is 2.33. The van der Waals surface area contributed by atoms with Crippen molar-refractivity contribution in [2.45, 2.75) is 0 Å². The summed E-state index contributed by atoms with van der Waals surface area (Å²) in [5, 5.41) is 2.63. The minimum absolute atomic E-state index is 0.172. The highest BCUT2D eigenvalue weighted by molar-refractivity contribution is 9.10. The van der Waals surface area contributed by atoms with E-state index in [9.17, 15) is 4.39 Å². The molecule has 3 nitrogen and oxygen atoms in total. The summed E-state index contributed by atoms with van der Waals surface area (Å²) in [6, 6.07) is 4.66. The van der Waals surface area contributed by atoms with Crippen LogP contribution in [-0.4, -0.2) is 13.0 Å². The lowest BCUT2D eigenvalue weighted by Crippen LogP contribution is -2.22. The molecule has 0 saturated heterocycles. The Labute approximate surface area is 84.0 Å². The standard InChI is InChI=1S/C8H9BrFN3/c1-12-8(11)13-7-5(9)3-2-4-6(7)10/h2-4H,1H3,(H3,11,12,13). The molecule has 0 aliphatic carbocycles. The van der Waals surface area contributed by atoms with Crippen molar-refractivity contribution < 1.29 is 4.39 Å². The van der Waals surface area contributed by atoms with Gasteiger partial charge in [0.15, 0.2) is 5.96 Å². The topological polar surface area (TPSA) is 50.4 Å². The van der Waals surface area contributed by atoms with Gasteiger partial charge < -0.3 is 11.1 Å². The summed E-state index contributed by atoms with van der Waals surface area (Å²) in [6.45, 7) is 0. The third kappa shape index (κ3) is 2.42. The summed E-state index contributed by atoms with van der Waals surface area (Å²) in [6.07, 6.45) is 0. The van der Waals surface area contributed by atoms with Crippen LogP contribution in [-0.2, 0) is 0 Å². The molecule has 0 atom stereocenters. The van der Waals surface area contributed by atoms with E-state index in [-0.39, 0.29) is 11.8 Å². The highest BCUT2D eigenvalue weighted by atomic mass is 79.9. The number of nitrogens with one attached hydrogen (secondary N) is 1. The van der Waals surface area contributed by atoms with Crippen molar-refractivity contribution in [2.75, 3.05) is 12.4 Å². The summed E-state index contributed by atoms with van der Waals surface area (Å²) in [5.41, 5.74) is 5.69. The summed E-state index contributed by atoms with van der Waals surface area (Å²) in [4.78, 5) is 3.66. The SMILES string of the molecule is CN=C(N)Nc1c(F)cccc1Br. The van der Waals surface area contributed by atoms with E-state index in [1.165, 1.54) is 13.1 Å². The third-order valence-corrected chi connectivity index (χ3v) is 2.12. The Hall–Kier alpha value is -1.10. The van der Waals surface area contributed by atoms with E-state index in [1.54, 1.807) is 12.1 Å². The number of para-hydroxylation sites is 1. The van der Waals surface area contributed by atoms with Crippen LogP contribution in [0.3, 0.4) is 0 Å². The van der Waals surface area contributed by atoms with Crippen molar-refractivity contribution in [3.05, 3.63) is 28.5 Å². The van der Waals surface area contributed by atoms with Gasteiger partial charge in [-0.25, -0.2) is 4.39 Å². The van der Waals surface area contributed by atoms with Gasteiger partial charge in [-0.2, -0.15) is 0 Å². The van der Waals surface area contributed by atoms with Crippen LogP contribution in [0.1, 0.15) is 0 Å². The molecule has 0 aliphatic rings. The molecular weight excluding hydrogens is 237 g/mol. The van der Waals surface area contributed by atoms with Gasteiger partial charge in [0, 0.05) is 11.5 Å². The third-order valence-electron chi connectivity index (χ3n) is 1.46. The normalized spacial score (nSPS) is 11.5. The predicted octanol–water partition coefficient (Wildman–Crippen LogP) is 1.94. The van der Waals surface area contributed by atoms with Crippen LogP contribution >= 0.6 is 15.9 Å². The molecule has 1 aromatic rings. The van der Waals surface area contributed by atoms with E-state index in [0.717, 1.165) is 0 Å². The maximum absolute atomic E-state index is 13.1. The van der Waals surface area contributed by atoms with Crippen LogP contribution in [0.25, 0.3) is 0 Å². The van der Waals surface area contributed by atoms with Crippen LogP contribution in [0.4, 0.5) is 10.1 Å². The van der Waals surface area contributed by atoms with E-state index in [1.807, 2.05) is 0 Å². The van der Waals surface area contributed by atoms with Crippen molar-refractivity contribution in [3.63, 3.8) is 0 Å². The second-order valence-corrected chi connectivity index (χ2v) is 3.18. The van der Waals surface area contributed by atoms with Crippen LogP contribution in [0.5, 0.6) is 0 Å². The zero-order valence-corrected chi connectivity index (χ0v) is 8.60. The average Bonchev–Trinajstić information content (AvgIpc) is 2.11. The Morgan fingerprint density at radius 2 is 2.31 bits per heavy atom. The maximum atomic E-state index is 13.1. The lowest BCUT2D eigenvalue weighted by atomic mass is 10.3. The number of anilines is 1. The fraction of sp³-hybridized carbons (Fsp3) is 0.125. The summed E-state index contributed by atoms with van der Waals surface area (Å²) in [7, 11) is 1.52. The van der Waals surface area contributed by atoms with Crippen LogP contribution < -0.4 is 11.1 Å². The summed E-state index contributed by atoms with van der Waals surface area (Å²) >= 11 is 3.19. The van der Waals surface area contributed by atoms with Gasteiger partial charge in [-0.3, -0.25) is 4.99 Å². The predicted molar refractivity (Wildman–Crippen MR) is 55.3 cm³/mol. The number of nitrogens with zero attached hydrogens (tertiary/aromatic N) is 1. The van der Waals surface area contributed by atoms with Gasteiger partial charge in [0.05, 0.1) is 5.69 Å². The van der Waals surface area contributed by atoms with Gasteiger partial charge in [-0.1, -0.05) is 6.07 Å². The van der Waals surface area contributed by atoms with Crippen molar-refractivity contribution in [3.8, 4) is 0 Å². The van der Waals surface area contributed by atoms with Crippen molar-refractivity contribution >= 4 is 27.6 Å². The quantitative estimate of drug-likeness (QED) is 0.587. The largest absolute Gasteiger partial charge is 0.370 e. The zero-order valence-electron chi connectivity index (χ0n) is 7.01. The van der Waals surface area contributed by atoms with E-state index in [2.05, 4.69) is 26.2 Å². The average molecular weight is 246 g/mol. The molecule has 0 spiro atoms. The minimum atomic E-state index is -0.374. The van der Waals surface area contributed by atoms with Crippen LogP contribution in [0, 0.1) is 5.82 Å². The lowest BCUT2D eigenvalue weighted by molar-refractivity contribution is 0.631. The number of halogens is 2. The number of nitrogens with two attached hydrogens (primary N) is 1. The Kier molecular flexibility index (Phi) is 3.25. The molecule has 13 heavy (non-hydrogen) atoms. The molecule has 0 amide bonds. The molecule has 0 radical (unpaired) electrons. The number of hydrogen-bond acceptors (Lipinski definition) is 1. The number of benzene rings is 1. The second kappa shape index (κ2) is 4.23. The smallest absolute Gasteiger partial charge is 0.192 e. The molecule has 70 valence electrons. The number of hydrogen-bond donors (Lipinski definition) is 2. The zero-order chi connectivity index (χ0) is 9.84. The monoisotopic (exact) mass is 245 g/mol. The van der Waals surface area contributed by atoms with Gasteiger partial charge in [0.1, 0.15) is 5.82 Å². The molecule has 1 aromatic carbocycles. The first-order valence-electron chi connectivity index (χ1n) is 3.58. The first-order valence-corrected chi connectivity index (χ1v) is 4.37. The van der Waals surface area contributed by atoms with Crippen LogP contribution in [0.2, 0.25) is 0 Å². The van der Waals surface area contributed by atoms with Crippen LogP contribution in [0.15, 0.2) is 27.7 Å². The summed E-state index contributed by atoms with van der Waals surface area (Å²) < 4.78 is 13.8. The molecular formula is C8H9BrFN3. The van der Waals surface area contributed by atoms with E-state index in [4.69, 9.17) is 5.73 Å². The molecule has 0 aliphatic heterocycles. The minimum Gasteiger partial charge on any atom is -0.370 e. The Morgan fingerprint density at radius 3 is 2.85 bits per heavy atom. The molecule has 0 bridgehead atoms. The van der Waals surface area contributed by atoms with E-state index >= 15 is 0 Å². The highest BCUT2D eigenvalue weighted by Gasteiger charge is 2.05. The fourth-order valence-electron chi connectivity index (χ4n) is 0.801.